The van der Waals surface area contributed by atoms with Crippen LogP contribution in [-0.2, 0) is 10.5 Å². The molecule has 1 atom stereocenters. The first-order chi connectivity index (χ1) is 16.1. The van der Waals surface area contributed by atoms with E-state index in [0.717, 1.165) is 34.7 Å². The molecule has 0 bridgehead atoms. The lowest BCUT2D eigenvalue weighted by atomic mass is 9.76. The van der Waals surface area contributed by atoms with Gasteiger partial charge in [-0.15, -0.1) is 11.8 Å². The molecule has 0 fully saturated rings. The van der Waals surface area contributed by atoms with Crippen molar-refractivity contribution in [2.24, 2.45) is 0 Å². The molecule has 0 saturated heterocycles. The molecular formula is C26H26N2O4S. The summed E-state index contributed by atoms with van der Waals surface area (Å²) in [5.41, 5.74) is 4.02. The Kier molecular flexibility index (Phi) is 6.95. The molecule has 0 spiro atoms. The van der Waals surface area contributed by atoms with Crippen LogP contribution in [0.4, 0.5) is 0 Å². The molecule has 2 aliphatic rings. The van der Waals surface area contributed by atoms with Crippen molar-refractivity contribution < 1.29 is 19.0 Å². The number of methoxy groups -OCH3 is 3. The maximum atomic E-state index is 13.1. The van der Waals surface area contributed by atoms with E-state index in [4.69, 9.17) is 14.2 Å². The molecule has 1 heterocycles. The van der Waals surface area contributed by atoms with Crippen LogP contribution < -0.4 is 19.5 Å². The molecule has 7 heteroatoms. The van der Waals surface area contributed by atoms with Gasteiger partial charge in [0.1, 0.15) is 0 Å². The minimum Gasteiger partial charge on any atom is -0.493 e. The van der Waals surface area contributed by atoms with E-state index in [1.807, 2.05) is 30.3 Å². The standard InChI is InChI=1S/C26H26N2O4S/c1-30-21-12-17(13-22(31-2)25(21)32-3)23-18(14-27)26(33-15-16-8-5-4-6-9-16)28-19-10-7-11-20(29)24(19)23/h4-6,8-9,12-13,23,28H,7,10-11,15H2,1-3H3/t23-/m0/s1. The number of dihydropyridines is 1. The minimum absolute atomic E-state index is 0.0716. The number of Topliss-reactive ketones (excluding diaryl/α,β-unsaturated/α-hetero) is 1. The summed E-state index contributed by atoms with van der Waals surface area (Å²) in [7, 11) is 4.67. The predicted octanol–water partition coefficient (Wildman–Crippen LogP) is 5.07. The van der Waals surface area contributed by atoms with Gasteiger partial charge in [-0.3, -0.25) is 4.79 Å². The number of nitriles is 1. The lowest BCUT2D eigenvalue weighted by Crippen LogP contribution is -2.31. The van der Waals surface area contributed by atoms with Crippen LogP contribution in [0, 0.1) is 11.3 Å². The molecule has 0 aromatic heterocycles. The average molecular weight is 463 g/mol. The molecule has 170 valence electrons. The zero-order valence-corrected chi connectivity index (χ0v) is 19.8. The maximum Gasteiger partial charge on any atom is 0.203 e. The summed E-state index contributed by atoms with van der Waals surface area (Å²) in [4.78, 5) is 13.1. The second-order valence-electron chi connectivity index (χ2n) is 7.81. The average Bonchev–Trinajstić information content (AvgIpc) is 2.86. The van der Waals surface area contributed by atoms with Crippen molar-refractivity contribution in [3.05, 3.63) is 75.5 Å². The Bertz CT molecular complexity index is 1140. The fourth-order valence-corrected chi connectivity index (χ4v) is 5.39. The van der Waals surface area contributed by atoms with Crippen molar-refractivity contribution in [1.29, 1.82) is 5.26 Å². The number of nitrogens with one attached hydrogen (secondary N) is 1. The van der Waals surface area contributed by atoms with Gasteiger partial charge in [0.25, 0.3) is 0 Å². The SMILES string of the molecule is COc1cc([C@H]2C(C#N)=C(SCc3ccccc3)NC3=C2C(=O)CCC3)cc(OC)c1OC. The number of thioether (sulfide) groups is 1. The lowest BCUT2D eigenvalue weighted by molar-refractivity contribution is -0.116. The highest BCUT2D eigenvalue weighted by Gasteiger charge is 2.38. The number of rotatable bonds is 7. The number of hydrogen-bond acceptors (Lipinski definition) is 7. The van der Waals surface area contributed by atoms with Crippen LogP contribution in [0.25, 0.3) is 0 Å². The Morgan fingerprint density at radius 3 is 2.36 bits per heavy atom. The first-order valence-electron chi connectivity index (χ1n) is 10.7. The summed E-state index contributed by atoms with van der Waals surface area (Å²) >= 11 is 1.58. The molecule has 2 aromatic rings. The molecule has 6 nitrogen and oxygen atoms in total. The molecule has 0 unspecified atom stereocenters. The van der Waals surface area contributed by atoms with Gasteiger partial charge in [0.2, 0.25) is 5.75 Å². The second-order valence-corrected chi connectivity index (χ2v) is 8.80. The smallest absolute Gasteiger partial charge is 0.203 e. The van der Waals surface area contributed by atoms with E-state index in [1.54, 1.807) is 33.1 Å². The van der Waals surface area contributed by atoms with Crippen LogP contribution in [0.5, 0.6) is 17.2 Å². The molecule has 1 aliphatic carbocycles. The third-order valence-corrected chi connectivity index (χ3v) is 7.00. The molecular weight excluding hydrogens is 436 g/mol. The molecule has 0 radical (unpaired) electrons. The normalized spacial score (nSPS) is 17.8. The van der Waals surface area contributed by atoms with Crippen LogP contribution >= 0.6 is 11.8 Å². The third kappa shape index (κ3) is 4.44. The van der Waals surface area contributed by atoms with Gasteiger partial charge in [-0.25, -0.2) is 0 Å². The first kappa shape index (κ1) is 22.8. The zero-order valence-electron chi connectivity index (χ0n) is 18.9. The molecule has 4 rings (SSSR count). The van der Waals surface area contributed by atoms with Crippen molar-refractivity contribution in [3.63, 3.8) is 0 Å². The summed E-state index contributed by atoms with van der Waals surface area (Å²) in [6.45, 7) is 0. The van der Waals surface area contributed by atoms with E-state index >= 15 is 0 Å². The van der Waals surface area contributed by atoms with E-state index in [-0.39, 0.29) is 5.78 Å². The zero-order chi connectivity index (χ0) is 23.4. The highest BCUT2D eigenvalue weighted by atomic mass is 32.2. The number of hydrogen-bond donors (Lipinski definition) is 1. The van der Waals surface area contributed by atoms with Crippen molar-refractivity contribution in [3.8, 4) is 23.3 Å². The van der Waals surface area contributed by atoms with E-state index in [9.17, 15) is 10.1 Å². The number of carbonyl (C=O) groups is 1. The number of benzene rings is 2. The minimum atomic E-state index is -0.494. The highest BCUT2D eigenvalue weighted by molar-refractivity contribution is 8.02. The molecule has 2 aromatic carbocycles. The van der Waals surface area contributed by atoms with Gasteiger partial charge in [0, 0.05) is 23.4 Å². The fraction of sp³-hybridized carbons (Fsp3) is 0.308. The Morgan fingerprint density at radius 1 is 1.06 bits per heavy atom. The Hall–Kier alpha value is -3.37. The molecule has 0 saturated carbocycles. The van der Waals surface area contributed by atoms with Gasteiger partial charge in [0.05, 0.1) is 43.9 Å². The Labute approximate surface area is 198 Å². The topological polar surface area (TPSA) is 80.6 Å². The van der Waals surface area contributed by atoms with Gasteiger partial charge in [-0.2, -0.15) is 5.26 Å². The molecule has 33 heavy (non-hydrogen) atoms. The number of carbonyl (C=O) groups excluding carboxylic acids is 1. The van der Waals surface area contributed by atoms with Crippen molar-refractivity contribution in [2.75, 3.05) is 21.3 Å². The van der Waals surface area contributed by atoms with Gasteiger partial charge in [-0.05, 0) is 36.1 Å². The van der Waals surface area contributed by atoms with Crippen molar-refractivity contribution in [1.82, 2.24) is 5.32 Å². The molecule has 1 aliphatic heterocycles. The van der Waals surface area contributed by atoms with E-state index in [2.05, 4.69) is 23.5 Å². The number of ether oxygens (including phenoxy) is 3. The predicted molar refractivity (Wildman–Crippen MR) is 128 cm³/mol. The van der Waals surface area contributed by atoms with Crippen LogP contribution in [0.15, 0.2) is 64.3 Å². The van der Waals surface area contributed by atoms with E-state index in [1.165, 1.54) is 0 Å². The number of allylic oxidation sites excluding steroid dienone is 3. The second kappa shape index (κ2) is 10.1. The largest absolute Gasteiger partial charge is 0.493 e. The van der Waals surface area contributed by atoms with Gasteiger partial charge < -0.3 is 19.5 Å². The van der Waals surface area contributed by atoms with Gasteiger partial charge in [-0.1, -0.05) is 30.3 Å². The van der Waals surface area contributed by atoms with Crippen molar-refractivity contribution in [2.45, 2.75) is 30.9 Å². The van der Waals surface area contributed by atoms with E-state index in [0.29, 0.717) is 40.6 Å². The highest BCUT2D eigenvalue weighted by Crippen LogP contribution is 2.48. The quantitative estimate of drug-likeness (QED) is 0.615. The van der Waals surface area contributed by atoms with Crippen LogP contribution in [-0.4, -0.2) is 27.1 Å². The van der Waals surface area contributed by atoms with Crippen LogP contribution in [0.1, 0.15) is 36.3 Å². The fourth-order valence-electron chi connectivity index (χ4n) is 4.37. The van der Waals surface area contributed by atoms with Gasteiger partial charge in [0.15, 0.2) is 17.3 Å². The summed E-state index contributed by atoms with van der Waals surface area (Å²) in [5, 5.41) is 14.5. The Morgan fingerprint density at radius 2 is 1.76 bits per heavy atom. The lowest BCUT2D eigenvalue weighted by Gasteiger charge is -2.33. The third-order valence-electron chi connectivity index (χ3n) is 5.91. The summed E-state index contributed by atoms with van der Waals surface area (Å²) in [5.74, 6) is 1.75. The molecule has 0 amide bonds. The van der Waals surface area contributed by atoms with Crippen LogP contribution in [0.3, 0.4) is 0 Å². The molecule has 1 N–H and O–H groups in total. The number of ketones is 1. The number of nitrogens with zero attached hydrogens (tertiary/aromatic N) is 1. The monoisotopic (exact) mass is 462 g/mol. The van der Waals surface area contributed by atoms with Crippen LogP contribution in [0.2, 0.25) is 0 Å². The summed E-state index contributed by atoms with van der Waals surface area (Å²) in [6, 6.07) is 16.2. The van der Waals surface area contributed by atoms with Gasteiger partial charge >= 0.3 is 0 Å². The van der Waals surface area contributed by atoms with Crippen molar-refractivity contribution >= 4 is 17.5 Å². The Balaban J connectivity index is 1.83. The van der Waals surface area contributed by atoms with E-state index < -0.39 is 5.92 Å². The maximum absolute atomic E-state index is 13.1. The first-order valence-corrected chi connectivity index (χ1v) is 11.7. The summed E-state index contributed by atoms with van der Waals surface area (Å²) in [6.07, 6.45) is 2.05. The summed E-state index contributed by atoms with van der Waals surface area (Å²) < 4.78 is 16.6.